The number of hydrogen-bond donors (Lipinski definition) is 0. The second-order valence-electron chi connectivity index (χ2n) is 7.24. The monoisotopic (exact) mass is 395 g/mol. The van der Waals surface area contributed by atoms with Gasteiger partial charge in [-0.3, -0.25) is 14.2 Å². The Morgan fingerprint density at radius 2 is 1.90 bits per heavy atom. The van der Waals surface area contributed by atoms with Crippen LogP contribution in [0.2, 0.25) is 0 Å². The summed E-state index contributed by atoms with van der Waals surface area (Å²) in [6.45, 7) is 7.57. The number of fused-ring (bicyclic) bond motifs is 1. The maximum absolute atomic E-state index is 13.4. The van der Waals surface area contributed by atoms with E-state index >= 15 is 0 Å². The van der Waals surface area contributed by atoms with Gasteiger partial charge in [0, 0.05) is 25.8 Å². The molecule has 1 aromatic carbocycles. The molecular weight excluding hydrogens is 370 g/mol. The van der Waals surface area contributed by atoms with Gasteiger partial charge in [0.1, 0.15) is 5.69 Å². The minimum absolute atomic E-state index is 0.0755. The third kappa shape index (κ3) is 3.83. The Morgan fingerprint density at radius 3 is 2.62 bits per heavy atom. The van der Waals surface area contributed by atoms with Crippen molar-refractivity contribution in [2.45, 2.75) is 40.4 Å². The molecule has 1 amide bonds. The highest BCUT2D eigenvalue weighted by atomic mass is 16.7. The van der Waals surface area contributed by atoms with E-state index in [2.05, 4.69) is 10.2 Å². The predicted octanol–water partition coefficient (Wildman–Crippen LogP) is 2.82. The van der Waals surface area contributed by atoms with Crippen molar-refractivity contribution >= 4 is 5.91 Å². The van der Waals surface area contributed by atoms with E-state index in [1.807, 2.05) is 62.8 Å². The molecule has 4 rings (SSSR count). The molecule has 2 aromatic heterocycles. The van der Waals surface area contributed by atoms with E-state index in [-0.39, 0.29) is 12.7 Å². The fourth-order valence-corrected chi connectivity index (χ4v) is 3.49. The molecule has 8 heteroatoms. The van der Waals surface area contributed by atoms with Crippen LogP contribution in [0, 0.1) is 13.8 Å². The Balaban J connectivity index is 1.65. The Bertz CT molecular complexity index is 1030. The first-order valence-electron chi connectivity index (χ1n) is 9.66. The average Bonchev–Trinajstić information content (AvgIpc) is 3.39. The molecular formula is C21H25N5O3. The van der Waals surface area contributed by atoms with Crippen molar-refractivity contribution in [1.29, 1.82) is 0 Å². The van der Waals surface area contributed by atoms with E-state index < -0.39 is 0 Å². The van der Waals surface area contributed by atoms with Crippen molar-refractivity contribution in [2.75, 3.05) is 6.79 Å². The van der Waals surface area contributed by atoms with Crippen LogP contribution in [-0.4, -0.2) is 37.2 Å². The highest BCUT2D eigenvalue weighted by Crippen LogP contribution is 2.33. The second kappa shape index (κ2) is 7.62. The lowest BCUT2D eigenvalue weighted by molar-refractivity contribution is 0.0714. The SMILES string of the molecule is CCn1nc(C)cc1C(=O)N(Cc1ccc2c(c1)OCO2)Cc1cc(C)n(C)n1. The number of nitrogens with zero attached hydrogens (tertiary/aromatic N) is 5. The molecule has 152 valence electrons. The lowest BCUT2D eigenvalue weighted by atomic mass is 10.1. The van der Waals surface area contributed by atoms with E-state index in [9.17, 15) is 4.79 Å². The van der Waals surface area contributed by atoms with Crippen molar-refractivity contribution in [3.63, 3.8) is 0 Å². The molecule has 0 spiro atoms. The fourth-order valence-electron chi connectivity index (χ4n) is 3.49. The van der Waals surface area contributed by atoms with Crippen LogP contribution in [-0.2, 0) is 26.7 Å². The number of aromatic nitrogens is 4. The van der Waals surface area contributed by atoms with Gasteiger partial charge in [-0.05, 0) is 50.6 Å². The summed E-state index contributed by atoms with van der Waals surface area (Å²) in [5, 5.41) is 8.95. The van der Waals surface area contributed by atoms with Gasteiger partial charge >= 0.3 is 0 Å². The normalized spacial score (nSPS) is 12.4. The summed E-state index contributed by atoms with van der Waals surface area (Å²) in [4.78, 5) is 15.2. The number of carbonyl (C=O) groups is 1. The number of carbonyl (C=O) groups excluding carboxylic acids is 1. The summed E-state index contributed by atoms with van der Waals surface area (Å²) >= 11 is 0. The molecule has 0 bridgehead atoms. The summed E-state index contributed by atoms with van der Waals surface area (Å²) in [6.07, 6.45) is 0. The molecule has 0 radical (unpaired) electrons. The summed E-state index contributed by atoms with van der Waals surface area (Å²) in [7, 11) is 1.90. The Kier molecular flexibility index (Phi) is 5.00. The Hall–Kier alpha value is -3.29. The second-order valence-corrected chi connectivity index (χ2v) is 7.24. The van der Waals surface area contributed by atoms with E-state index in [1.165, 1.54) is 0 Å². The molecule has 0 N–H and O–H groups in total. The van der Waals surface area contributed by atoms with E-state index in [4.69, 9.17) is 9.47 Å². The molecule has 0 aliphatic carbocycles. The van der Waals surface area contributed by atoms with Gasteiger partial charge in [-0.15, -0.1) is 0 Å². The van der Waals surface area contributed by atoms with Crippen LogP contribution in [0.1, 0.15) is 40.1 Å². The van der Waals surface area contributed by atoms with Gasteiger partial charge in [0.2, 0.25) is 6.79 Å². The molecule has 0 atom stereocenters. The van der Waals surface area contributed by atoms with Gasteiger partial charge < -0.3 is 14.4 Å². The number of aryl methyl sites for hydroxylation is 4. The zero-order valence-electron chi connectivity index (χ0n) is 17.2. The highest BCUT2D eigenvalue weighted by molar-refractivity contribution is 5.92. The molecule has 0 saturated heterocycles. The molecule has 3 aromatic rings. The number of hydrogen-bond acceptors (Lipinski definition) is 5. The van der Waals surface area contributed by atoms with E-state index in [1.54, 1.807) is 9.58 Å². The van der Waals surface area contributed by atoms with Crippen molar-refractivity contribution < 1.29 is 14.3 Å². The van der Waals surface area contributed by atoms with Crippen LogP contribution in [0.3, 0.4) is 0 Å². The molecule has 0 fully saturated rings. The van der Waals surface area contributed by atoms with Gasteiger partial charge in [0.05, 0.1) is 17.9 Å². The highest BCUT2D eigenvalue weighted by Gasteiger charge is 2.23. The van der Waals surface area contributed by atoms with E-state index in [0.29, 0.717) is 31.1 Å². The summed E-state index contributed by atoms with van der Waals surface area (Å²) in [5.41, 5.74) is 4.27. The molecule has 3 heterocycles. The molecule has 8 nitrogen and oxygen atoms in total. The van der Waals surface area contributed by atoms with E-state index in [0.717, 1.165) is 28.4 Å². The van der Waals surface area contributed by atoms with Crippen LogP contribution < -0.4 is 9.47 Å². The lowest BCUT2D eigenvalue weighted by Crippen LogP contribution is -2.32. The number of rotatable bonds is 6. The first-order chi connectivity index (χ1) is 13.9. The number of benzene rings is 1. The predicted molar refractivity (Wildman–Crippen MR) is 107 cm³/mol. The maximum atomic E-state index is 13.4. The minimum atomic E-state index is -0.0755. The Morgan fingerprint density at radius 1 is 1.10 bits per heavy atom. The molecule has 0 unspecified atom stereocenters. The zero-order chi connectivity index (χ0) is 20.5. The summed E-state index contributed by atoms with van der Waals surface area (Å²) in [6, 6.07) is 9.60. The van der Waals surface area contributed by atoms with Gasteiger partial charge in [-0.2, -0.15) is 10.2 Å². The first-order valence-corrected chi connectivity index (χ1v) is 9.66. The Labute approximate surface area is 169 Å². The van der Waals surface area contributed by atoms with Gasteiger partial charge in [-0.1, -0.05) is 6.07 Å². The summed E-state index contributed by atoms with van der Waals surface area (Å²) < 4.78 is 14.4. The zero-order valence-corrected chi connectivity index (χ0v) is 17.2. The lowest BCUT2D eigenvalue weighted by Gasteiger charge is -2.22. The molecule has 1 aliphatic heterocycles. The molecule has 1 aliphatic rings. The topological polar surface area (TPSA) is 74.4 Å². The van der Waals surface area contributed by atoms with Crippen molar-refractivity contribution in [3.8, 4) is 11.5 Å². The van der Waals surface area contributed by atoms with Crippen LogP contribution in [0.5, 0.6) is 11.5 Å². The molecule has 29 heavy (non-hydrogen) atoms. The number of ether oxygens (including phenoxy) is 2. The third-order valence-corrected chi connectivity index (χ3v) is 5.04. The van der Waals surface area contributed by atoms with Crippen LogP contribution in [0.25, 0.3) is 0 Å². The van der Waals surface area contributed by atoms with Gasteiger partial charge in [0.25, 0.3) is 5.91 Å². The van der Waals surface area contributed by atoms with Crippen LogP contribution in [0.4, 0.5) is 0 Å². The summed E-state index contributed by atoms with van der Waals surface area (Å²) in [5.74, 6) is 1.36. The first kappa shape index (κ1) is 19.0. The quantitative estimate of drug-likeness (QED) is 0.642. The standard InChI is InChI=1S/C21H25N5O3/c1-5-26-18(8-14(2)22-26)21(27)25(12-17-9-15(3)24(4)23-17)11-16-6-7-19-20(10-16)29-13-28-19/h6-10H,5,11-13H2,1-4H3. The van der Waals surface area contributed by atoms with Gasteiger partial charge in [-0.25, -0.2) is 0 Å². The minimum Gasteiger partial charge on any atom is -0.454 e. The van der Waals surface area contributed by atoms with Crippen molar-refractivity contribution in [2.24, 2.45) is 7.05 Å². The largest absolute Gasteiger partial charge is 0.454 e. The number of amides is 1. The van der Waals surface area contributed by atoms with Crippen LogP contribution >= 0.6 is 0 Å². The smallest absolute Gasteiger partial charge is 0.272 e. The maximum Gasteiger partial charge on any atom is 0.272 e. The van der Waals surface area contributed by atoms with Gasteiger partial charge in [0.15, 0.2) is 11.5 Å². The van der Waals surface area contributed by atoms with Crippen LogP contribution in [0.15, 0.2) is 30.3 Å². The third-order valence-electron chi connectivity index (χ3n) is 5.04. The van der Waals surface area contributed by atoms with Crippen molar-refractivity contribution in [1.82, 2.24) is 24.5 Å². The average molecular weight is 395 g/mol. The van der Waals surface area contributed by atoms with Crippen molar-refractivity contribution in [3.05, 3.63) is 58.7 Å². The fraction of sp³-hybridized carbons (Fsp3) is 0.381. The molecule has 0 saturated carbocycles.